The first-order valence-electron chi connectivity index (χ1n) is 5.28. The third kappa shape index (κ3) is 3.91. The number of hydrogen-bond donors (Lipinski definition) is 1. The summed E-state index contributed by atoms with van der Waals surface area (Å²) in [4.78, 5) is 13.3. The average Bonchev–Trinajstić information content (AvgIpc) is 2.50. The van der Waals surface area contributed by atoms with Crippen LogP contribution in [0.5, 0.6) is 0 Å². The number of carbonyl (C=O) groups excluding carboxylic acids is 1. The van der Waals surface area contributed by atoms with E-state index in [1.807, 2.05) is 20.8 Å². The van der Waals surface area contributed by atoms with E-state index in [-0.39, 0.29) is 6.09 Å². The normalized spacial score (nSPS) is 16.5. The summed E-state index contributed by atoms with van der Waals surface area (Å²) in [5.74, 6) is 0. The Hall–Kier alpha value is -1.03. The highest BCUT2D eigenvalue weighted by molar-refractivity contribution is 5.69. The fraction of sp³-hybridized carbons (Fsp3) is 0.727. The topological polar surface area (TPSA) is 55.6 Å². The minimum atomic E-state index is -0.423. The minimum absolute atomic E-state index is 0.245. The van der Waals surface area contributed by atoms with E-state index in [9.17, 15) is 4.79 Å². The minimum Gasteiger partial charge on any atom is -0.444 e. The zero-order chi connectivity index (χ0) is 11.5. The molecule has 1 heterocycles. The van der Waals surface area contributed by atoms with Crippen molar-refractivity contribution in [2.45, 2.75) is 32.8 Å². The number of ether oxygens (including phenoxy) is 1. The molecule has 0 bridgehead atoms. The van der Waals surface area contributed by atoms with Crippen molar-refractivity contribution in [2.24, 2.45) is 5.73 Å². The van der Waals surface area contributed by atoms with E-state index in [0.29, 0.717) is 19.6 Å². The zero-order valence-electron chi connectivity index (χ0n) is 9.75. The predicted molar refractivity (Wildman–Crippen MR) is 59.6 cm³/mol. The fourth-order valence-corrected chi connectivity index (χ4v) is 1.45. The van der Waals surface area contributed by atoms with Crippen molar-refractivity contribution in [1.82, 2.24) is 4.90 Å². The molecule has 4 nitrogen and oxygen atoms in total. The third-order valence-corrected chi connectivity index (χ3v) is 2.11. The fourth-order valence-electron chi connectivity index (χ4n) is 1.45. The molecule has 0 aromatic heterocycles. The highest BCUT2D eigenvalue weighted by atomic mass is 16.6. The Morgan fingerprint density at radius 2 is 2.27 bits per heavy atom. The van der Waals surface area contributed by atoms with Gasteiger partial charge in [-0.05, 0) is 33.7 Å². The maximum atomic E-state index is 11.6. The molecule has 0 fully saturated rings. The van der Waals surface area contributed by atoms with Crippen molar-refractivity contribution >= 4 is 6.09 Å². The van der Waals surface area contributed by atoms with Gasteiger partial charge in [-0.1, -0.05) is 11.6 Å². The molecular formula is C11H20N2O2. The largest absolute Gasteiger partial charge is 0.444 e. The van der Waals surface area contributed by atoms with Crippen molar-refractivity contribution in [3.05, 3.63) is 11.6 Å². The molecule has 0 aromatic carbocycles. The van der Waals surface area contributed by atoms with Gasteiger partial charge in [0.2, 0.25) is 0 Å². The highest BCUT2D eigenvalue weighted by Gasteiger charge is 2.24. The average molecular weight is 212 g/mol. The molecule has 2 N–H and O–H groups in total. The lowest BCUT2D eigenvalue weighted by molar-refractivity contribution is 0.0301. The summed E-state index contributed by atoms with van der Waals surface area (Å²) >= 11 is 0. The molecule has 0 aliphatic carbocycles. The van der Waals surface area contributed by atoms with Gasteiger partial charge in [-0.3, -0.25) is 0 Å². The highest BCUT2D eigenvalue weighted by Crippen LogP contribution is 2.16. The van der Waals surface area contributed by atoms with Crippen molar-refractivity contribution in [3.8, 4) is 0 Å². The van der Waals surface area contributed by atoms with E-state index in [0.717, 1.165) is 6.42 Å². The van der Waals surface area contributed by atoms with Crippen molar-refractivity contribution in [1.29, 1.82) is 0 Å². The van der Waals surface area contributed by atoms with E-state index in [1.54, 1.807) is 4.90 Å². The van der Waals surface area contributed by atoms with E-state index >= 15 is 0 Å². The molecule has 1 aliphatic heterocycles. The van der Waals surface area contributed by atoms with Crippen LogP contribution in [-0.4, -0.2) is 36.2 Å². The van der Waals surface area contributed by atoms with Gasteiger partial charge in [-0.25, -0.2) is 4.79 Å². The first kappa shape index (κ1) is 12.0. The molecule has 1 aliphatic rings. The molecule has 0 radical (unpaired) electrons. The first-order chi connectivity index (χ1) is 6.92. The summed E-state index contributed by atoms with van der Waals surface area (Å²) in [5.41, 5.74) is 6.26. The van der Waals surface area contributed by atoms with Crippen LogP contribution in [0.2, 0.25) is 0 Å². The standard InChI is InChI=1S/C11H20N2O2/c1-11(2,3)15-10(14)13-7-5-9(8-13)4-6-12/h5H,4,6-8,12H2,1-3H3. The van der Waals surface area contributed by atoms with Gasteiger partial charge in [0.05, 0.1) is 0 Å². The van der Waals surface area contributed by atoms with Gasteiger partial charge in [0, 0.05) is 13.1 Å². The number of rotatable bonds is 2. The predicted octanol–water partition coefficient (Wildman–Crippen LogP) is 1.51. The second kappa shape index (κ2) is 4.66. The van der Waals surface area contributed by atoms with Crippen LogP contribution in [0, 0.1) is 0 Å². The van der Waals surface area contributed by atoms with Crippen LogP contribution in [-0.2, 0) is 4.74 Å². The molecule has 4 heteroatoms. The van der Waals surface area contributed by atoms with E-state index in [2.05, 4.69) is 6.08 Å². The Kier molecular flexibility index (Phi) is 3.74. The second-order valence-electron chi connectivity index (χ2n) is 4.76. The third-order valence-electron chi connectivity index (χ3n) is 2.11. The first-order valence-corrected chi connectivity index (χ1v) is 5.28. The van der Waals surface area contributed by atoms with E-state index < -0.39 is 5.60 Å². The summed E-state index contributed by atoms with van der Waals surface area (Å²) in [5, 5.41) is 0. The van der Waals surface area contributed by atoms with Crippen LogP contribution in [0.25, 0.3) is 0 Å². The molecule has 86 valence electrons. The Morgan fingerprint density at radius 3 is 2.80 bits per heavy atom. The summed E-state index contributed by atoms with van der Waals surface area (Å²) in [6.07, 6.45) is 2.67. The van der Waals surface area contributed by atoms with E-state index in [4.69, 9.17) is 10.5 Å². The van der Waals surface area contributed by atoms with Crippen LogP contribution < -0.4 is 5.73 Å². The zero-order valence-corrected chi connectivity index (χ0v) is 9.75. The summed E-state index contributed by atoms with van der Waals surface area (Å²) in [7, 11) is 0. The molecule has 0 atom stereocenters. The Balaban J connectivity index is 2.40. The Labute approximate surface area is 91.1 Å². The summed E-state index contributed by atoms with van der Waals surface area (Å²) in [6, 6.07) is 0. The van der Waals surface area contributed by atoms with Gasteiger partial charge in [0.15, 0.2) is 0 Å². The molecule has 0 unspecified atom stereocenters. The number of hydrogen-bond acceptors (Lipinski definition) is 3. The molecule has 1 rings (SSSR count). The lowest BCUT2D eigenvalue weighted by Crippen LogP contribution is -2.35. The van der Waals surface area contributed by atoms with Crippen molar-refractivity contribution in [3.63, 3.8) is 0 Å². The van der Waals surface area contributed by atoms with Gasteiger partial charge in [0.1, 0.15) is 5.60 Å². The number of carbonyl (C=O) groups is 1. The molecule has 0 spiro atoms. The lowest BCUT2D eigenvalue weighted by Gasteiger charge is -2.24. The molecular weight excluding hydrogens is 192 g/mol. The van der Waals surface area contributed by atoms with Gasteiger partial charge in [-0.2, -0.15) is 0 Å². The monoisotopic (exact) mass is 212 g/mol. The Bertz CT molecular complexity index is 266. The van der Waals surface area contributed by atoms with Crippen LogP contribution in [0.4, 0.5) is 4.79 Å². The number of nitrogens with zero attached hydrogens (tertiary/aromatic N) is 1. The van der Waals surface area contributed by atoms with Gasteiger partial charge in [-0.15, -0.1) is 0 Å². The smallest absolute Gasteiger partial charge is 0.410 e. The summed E-state index contributed by atoms with van der Waals surface area (Å²) in [6.45, 7) is 7.55. The van der Waals surface area contributed by atoms with Crippen molar-refractivity contribution < 1.29 is 9.53 Å². The quantitative estimate of drug-likeness (QED) is 0.706. The number of amides is 1. The van der Waals surface area contributed by atoms with Crippen LogP contribution in [0.3, 0.4) is 0 Å². The molecule has 0 saturated heterocycles. The molecule has 15 heavy (non-hydrogen) atoms. The Morgan fingerprint density at radius 1 is 1.60 bits per heavy atom. The number of nitrogens with two attached hydrogens (primary N) is 1. The molecule has 0 saturated carbocycles. The molecule has 1 amide bonds. The van der Waals surface area contributed by atoms with Crippen LogP contribution in [0.1, 0.15) is 27.2 Å². The van der Waals surface area contributed by atoms with Gasteiger partial charge in [0.25, 0.3) is 0 Å². The second-order valence-corrected chi connectivity index (χ2v) is 4.76. The van der Waals surface area contributed by atoms with Crippen LogP contribution >= 0.6 is 0 Å². The summed E-state index contributed by atoms with van der Waals surface area (Å²) < 4.78 is 5.27. The molecule has 0 aromatic rings. The van der Waals surface area contributed by atoms with Gasteiger partial charge < -0.3 is 15.4 Å². The van der Waals surface area contributed by atoms with Crippen LogP contribution in [0.15, 0.2) is 11.6 Å². The van der Waals surface area contributed by atoms with E-state index in [1.165, 1.54) is 5.57 Å². The van der Waals surface area contributed by atoms with Gasteiger partial charge >= 0.3 is 6.09 Å². The maximum absolute atomic E-state index is 11.6. The SMILES string of the molecule is CC(C)(C)OC(=O)N1CC=C(CCN)C1. The van der Waals surface area contributed by atoms with Crippen molar-refractivity contribution in [2.75, 3.05) is 19.6 Å². The maximum Gasteiger partial charge on any atom is 0.410 e. The lowest BCUT2D eigenvalue weighted by atomic mass is 10.2.